The van der Waals surface area contributed by atoms with Gasteiger partial charge < -0.3 is 14.8 Å². The fourth-order valence-electron chi connectivity index (χ4n) is 3.20. The molecule has 3 aromatic carbocycles. The van der Waals surface area contributed by atoms with Crippen molar-refractivity contribution in [3.05, 3.63) is 66.2 Å². The molecule has 1 amide bonds. The summed E-state index contributed by atoms with van der Waals surface area (Å²) in [5.41, 5.74) is 1.26. The van der Waals surface area contributed by atoms with Crippen LogP contribution in [0.4, 0.5) is 5.69 Å². The van der Waals surface area contributed by atoms with Crippen molar-refractivity contribution in [3.8, 4) is 11.5 Å². The van der Waals surface area contributed by atoms with E-state index >= 15 is 0 Å². The van der Waals surface area contributed by atoms with E-state index in [1.807, 2.05) is 42.5 Å². The van der Waals surface area contributed by atoms with Gasteiger partial charge in [0.25, 0.3) is 0 Å². The highest BCUT2D eigenvalue weighted by atomic mass is 16.5. The van der Waals surface area contributed by atoms with E-state index in [9.17, 15) is 9.59 Å². The van der Waals surface area contributed by atoms with E-state index in [2.05, 4.69) is 5.32 Å². The molecule has 5 nitrogen and oxygen atoms in total. The van der Waals surface area contributed by atoms with Gasteiger partial charge in [-0.15, -0.1) is 0 Å². The number of hydrogen-bond acceptors (Lipinski definition) is 4. The number of hydrogen-bond donors (Lipinski definition) is 1. The van der Waals surface area contributed by atoms with Crippen molar-refractivity contribution in [2.45, 2.75) is 19.3 Å². The Bertz CT molecular complexity index is 1030. The first-order chi connectivity index (χ1) is 13.7. The van der Waals surface area contributed by atoms with Gasteiger partial charge in [0.05, 0.1) is 13.2 Å². The third-order valence-corrected chi connectivity index (χ3v) is 4.68. The molecule has 0 bridgehead atoms. The van der Waals surface area contributed by atoms with Crippen molar-refractivity contribution >= 4 is 28.2 Å². The maximum Gasteiger partial charge on any atom is 0.224 e. The highest BCUT2D eigenvalue weighted by molar-refractivity contribution is 6.01. The molecule has 0 aromatic heterocycles. The second-order valence-electron chi connectivity index (χ2n) is 6.75. The van der Waals surface area contributed by atoms with Crippen LogP contribution in [0.1, 0.15) is 29.6 Å². The predicted octanol–water partition coefficient (Wildman–Crippen LogP) is 4.60. The molecule has 0 saturated heterocycles. The summed E-state index contributed by atoms with van der Waals surface area (Å²) in [5, 5.41) is 5.04. The van der Waals surface area contributed by atoms with Crippen molar-refractivity contribution in [1.29, 1.82) is 0 Å². The first-order valence-electron chi connectivity index (χ1n) is 9.40. The van der Waals surface area contributed by atoms with Gasteiger partial charge >= 0.3 is 0 Å². The molecule has 1 heterocycles. The maximum absolute atomic E-state index is 12.5. The van der Waals surface area contributed by atoms with Crippen LogP contribution < -0.4 is 14.8 Å². The van der Waals surface area contributed by atoms with Crippen molar-refractivity contribution in [3.63, 3.8) is 0 Å². The fraction of sp³-hybridized carbons (Fsp3) is 0.217. The Balaban J connectivity index is 1.36. The minimum atomic E-state index is -0.182. The molecule has 0 radical (unpaired) electrons. The number of anilines is 1. The van der Waals surface area contributed by atoms with Crippen molar-refractivity contribution in [1.82, 2.24) is 0 Å². The minimum Gasteiger partial charge on any atom is -0.490 e. The average molecular weight is 375 g/mol. The van der Waals surface area contributed by atoms with Crippen LogP contribution in [0.5, 0.6) is 11.5 Å². The van der Waals surface area contributed by atoms with Gasteiger partial charge in [-0.3, -0.25) is 9.59 Å². The van der Waals surface area contributed by atoms with Crippen LogP contribution in [-0.2, 0) is 4.79 Å². The summed E-state index contributed by atoms with van der Waals surface area (Å²) < 4.78 is 11.2. The van der Waals surface area contributed by atoms with Crippen molar-refractivity contribution in [2.24, 2.45) is 0 Å². The number of Topliss-reactive ketones (excluding diaryl/α,β-unsaturated/α-hetero) is 1. The number of amides is 1. The first-order valence-corrected chi connectivity index (χ1v) is 9.40. The molecule has 1 aliphatic rings. The predicted molar refractivity (Wildman–Crippen MR) is 108 cm³/mol. The van der Waals surface area contributed by atoms with Gasteiger partial charge in [0, 0.05) is 30.5 Å². The molecular formula is C23H21NO4. The third-order valence-electron chi connectivity index (χ3n) is 4.68. The quantitative estimate of drug-likeness (QED) is 0.662. The zero-order chi connectivity index (χ0) is 19.3. The summed E-state index contributed by atoms with van der Waals surface area (Å²) in [6, 6.07) is 18.9. The Kier molecular flexibility index (Phi) is 5.24. The molecule has 0 unspecified atom stereocenters. The van der Waals surface area contributed by atoms with E-state index in [1.165, 1.54) is 0 Å². The summed E-state index contributed by atoms with van der Waals surface area (Å²) in [5.74, 6) is 0.967. The van der Waals surface area contributed by atoms with Crippen LogP contribution in [0.25, 0.3) is 10.8 Å². The SMILES string of the molecule is O=C(CCC(=O)c1ccc2c(c1)OCCCO2)Nc1ccc2ccccc2c1. The molecule has 1 N–H and O–H groups in total. The monoisotopic (exact) mass is 375 g/mol. The number of rotatable bonds is 5. The Morgan fingerprint density at radius 2 is 1.61 bits per heavy atom. The molecule has 28 heavy (non-hydrogen) atoms. The molecule has 142 valence electrons. The average Bonchev–Trinajstić information content (AvgIpc) is 2.96. The van der Waals surface area contributed by atoms with Crippen LogP contribution in [-0.4, -0.2) is 24.9 Å². The van der Waals surface area contributed by atoms with E-state index < -0.39 is 0 Å². The van der Waals surface area contributed by atoms with Gasteiger partial charge in [-0.1, -0.05) is 30.3 Å². The van der Waals surface area contributed by atoms with Crippen LogP contribution in [0.2, 0.25) is 0 Å². The lowest BCUT2D eigenvalue weighted by Gasteiger charge is -2.09. The largest absolute Gasteiger partial charge is 0.490 e. The molecule has 0 spiro atoms. The summed E-state index contributed by atoms with van der Waals surface area (Å²) in [6.07, 6.45) is 1.08. The van der Waals surface area contributed by atoms with Crippen LogP contribution in [0.3, 0.4) is 0 Å². The lowest BCUT2D eigenvalue weighted by atomic mass is 10.1. The van der Waals surface area contributed by atoms with Crippen molar-refractivity contribution < 1.29 is 19.1 Å². The zero-order valence-corrected chi connectivity index (χ0v) is 15.4. The third kappa shape index (κ3) is 4.14. The fourth-order valence-corrected chi connectivity index (χ4v) is 3.20. The number of carbonyl (C=O) groups is 2. The highest BCUT2D eigenvalue weighted by Gasteiger charge is 2.15. The zero-order valence-electron chi connectivity index (χ0n) is 15.4. The smallest absolute Gasteiger partial charge is 0.224 e. The van der Waals surface area contributed by atoms with E-state index in [0.717, 1.165) is 22.9 Å². The minimum absolute atomic E-state index is 0.0932. The number of fused-ring (bicyclic) bond motifs is 2. The highest BCUT2D eigenvalue weighted by Crippen LogP contribution is 2.31. The van der Waals surface area contributed by atoms with Crippen LogP contribution in [0.15, 0.2) is 60.7 Å². The van der Waals surface area contributed by atoms with E-state index in [0.29, 0.717) is 30.3 Å². The Hall–Kier alpha value is -3.34. The standard InChI is InChI=1S/C23H21NO4/c25-20(18-7-10-21-22(15-18)28-13-3-12-27-21)9-11-23(26)24-19-8-6-16-4-1-2-5-17(16)14-19/h1-2,4-8,10,14-15H,3,9,11-13H2,(H,24,26). The Morgan fingerprint density at radius 3 is 2.46 bits per heavy atom. The summed E-state index contributed by atoms with van der Waals surface area (Å²) in [4.78, 5) is 24.7. The van der Waals surface area contributed by atoms with Gasteiger partial charge in [-0.2, -0.15) is 0 Å². The second-order valence-corrected chi connectivity index (χ2v) is 6.75. The number of ether oxygens (including phenoxy) is 2. The van der Waals surface area contributed by atoms with Crippen molar-refractivity contribution in [2.75, 3.05) is 18.5 Å². The molecular weight excluding hydrogens is 354 g/mol. The molecule has 0 atom stereocenters. The van der Waals surface area contributed by atoms with Gasteiger partial charge in [-0.05, 0) is 41.1 Å². The maximum atomic E-state index is 12.5. The number of carbonyl (C=O) groups excluding carboxylic acids is 2. The lowest BCUT2D eigenvalue weighted by Crippen LogP contribution is -2.13. The van der Waals surface area contributed by atoms with Gasteiger partial charge in [0.2, 0.25) is 5.91 Å². The summed E-state index contributed by atoms with van der Waals surface area (Å²) >= 11 is 0. The Morgan fingerprint density at radius 1 is 0.821 bits per heavy atom. The topological polar surface area (TPSA) is 64.6 Å². The van der Waals surface area contributed by atoms with E-state index in [1.54, 1.807) is 18.2 Å². The molecule has 0 aliphatic carbocycles. The number of ketones is 1. The molecule has 0 saturated carbocycles. The second kappa shape index (κ2) is 8.13. The first kappa shape index (κ1) is 18.0. The Labute approximate surface area is 163 Å². The molecule has 4 rings (SSSR count). The molecule has 1 aliphatic heterocycles. The van der Waals surface area contributed by atoms with Crippen LogP contribution in [0, 0.1) is 0 Å². The number of benzene rings is 3. The normalized spacial score (nSPS) is 13.0. The molecule has 3 aromatic rings. The van der Waals surface area contributed by atoms with E-state index in [-0.39, 0.29) is 24.5 Å². The van der Waals surface area contributed by atoms with Crippen LogP contribution >= 0.6 is 0 Å². The lowest BCUT2D eigenvalue weighted by molar-refractivity contribution is -0.116. The molecule has 0 fully saturated rings. The van der Waals surface area contributed by atoms with Gasteiger partial charge in [0.15, 0.2) is 17.3 Å². The van der Waals surface area contributed by atoms with E-state index in [4.69, 9.17) is 9.47 Å². The summed E-state index contributed by atoms with van der Waals surface area (Å²) in [7, 11) is 0. The molecule has 5 heteroatoms. The summed E-state index contributed by atoms with van der Waals surface area (Å²) in [6.45, 7) is 1.17. The van der Waals surface area contributed by atoms with Gasteiger partial charge in [-0.25, -0.2) is 0 Å². The number of nitrogens with one attached hydrogen (secondary N) is 1. The van der Waals surface area contributed by atoms with Gasteiger partial charge in [0.1, 0.15) is 0 Å².